The van der Waals surface area contributed by atoms with Crippen molar-refractivity contribution >= 4 is 28.6 Å². The van der Waals surface area contributed by atoms with Crippen LogP contribution >= 0.6 is 22.6 Å². The number of hydrogen-bond acceptors (Lipinski definition) is 3. The van der Waals surface area contributed by atoms with Gasteiger partial charge < -0.3 is 4.74 Å². The maximum atomic E-state index is 13.4. The SMILES string of the molecule is CCOC(=O)c1cnc(I)c(F)c1C(F)F. The first-order valence-electron chi connectivity index (χ1n) is 4.28. The summed E-state index contributed by atoms with van der Waals surface area (Å²) < 4.78 is 42.9. The Hall–Kier alpha value is -0.860. The van der Waals surface area contributed by atoms with Gasteiger partial charge in [-0.2, -0.15) is 0 Å². The molecule has 0 saturated carbocycles. The van der Waals surface area contributed by atoms with E-state index < -0.39 is 29.3 Å². The second kappa shape index (κ2) is 5.46. The number of halogens is 4. The summed E-state index contributed by atoms with van der Waals surface area (Å²) in [5, 5.41) is 0. The largest absolute Gasteiger partial charge is 0.462 e. The monoisotopic (exact) mass is 345 g/mol. The number of carbonyl (C=O) groups is 1. The fourth-order valence-corrected chi connectivity index (χ4v) is 1.49. The van der Waals surface area contributed by atoms with Crippen molar-refractivity contribution < 1.29 is 22.7 Å². The Kier molecular flexibility index (Phi) is 4.51. The molecule has 0 aromatic carbocycles. The second-order valence-electron chi connectivity index (χ2n) is 2.71. The van der Waals surface area contributed by atoms with Crippen LogP contribution in [-0.4, -0.2) is 17.6 Å². The molecule has 0 aliphatic rings. The van der Waals surface area contributed by atoms with E-state index in [1.165, 1.54) is 29.5 Å². The molecule has 1 aromatic rings. The lowest BCUT2D eigenvalue weighted by atomic mass is 10.1. The third-order valence-electron chi connectivity index (χ3n) is 1.73. The zero-order chi connectivity index (χ0) is 12.3. The molecule has 0 aliphatic carbocycles. The number of esters is 1. The van der Waals surface area contributed by atoms with Crippen molar-refractivity contribution in [2.45, 2.75) is 13.3 Å². The quantitative estimate of drug-likeness (QED) is 0.480. The van der Waals surface area contributed by atoms with Crippen LogP contribution in [0.1, 0.15) is 29.3 Å². The van der Waals surface area contributed by atoms with Crippen LogP contribution in [-0.2, 0) is 4.74 Å². The molecule has 88 valence electrons. The molecule has 0 amide bonds. The van der Waals surface area contributed by atoms with Gasteiger partial charge in [0.2, 0.25) is 0 Å². The molecule has 16 heavy (non-hydrogen) atoms. The molecule has 0 radical (unpaired) electrons. The first kappa shape index (κ1) is 13.2. The smallest absolute Gasteiger partial charge is 0.340 e. The van der Waals surface area contributed by atoms with E-state index in [2.05, 4.69) is 9.72 Å². The summed E-state index contributed by atoms with van der Waals surface area (Å²) in [5.74, 6) is -2.18. The van der Waals surface area contributed by atoms with E-state index in [1.807, 2.05) is 0 Å². The van der Waals surface area contributed by atoms with Crippen LogP contribution < -0.4 is 0 Å². The average Bonchev–Trinajstić information content (AvgIpc) is 2.21. The van der Waals surface area contributed by atoms with Crippen molar-refractivity contribution in [1.82, 2.24) is 4.98 Å². The number of carbonyl (C=O) groups excluding carboxylic acids is 1. The zero-order valence-electron chi connectivity index (χ0n) is 8.14. The van der Waals surface area contributed by atoms with Crippen molar-refractivity contribution in [2.24, 2.45) is 0 Å². The first-order valence-corrected chi connectivity index (χ1v) is 5.36. The van der Waals surface area contributed by atoms with Crippen LogP contribution in [0.2, 0.25) is 0 Å². The molecule has 0 aliphatic heterocycles. The maximum absolute atomic E-state index is 13.4. The lowest BCUT2D eigenvalue weighted by molar-refractivity contribution is 0.0512. The fourth-order valence-electron chi connectivity index (χ4n) is 1.06. The van der Waals surface area contributed by atoms with Gasteiger partial charge in [0.25, 0.3) is 6.43 Å². The second-order valence-corrected chi connectivity index (χ2v) is 3.73. The van der Waals surface area contributed by atoms with Gasteiger partial charge >= 0.3 is 5.97 Å². The molecule has 0 bridgehead atoms. The van der Waals surface area contributed by atoms with Gasteiger partial charge in [-0.3, -0.25) is 0 Å². The summed E-state index contributed by atoms with van der Waals surface area (Å²) in [7, 11) is 0. The van der Waals surface area contributed by atoms with Gasteiger partial charge in [0, 0.05) is 6.20 Å². The number of aromatic nitrogens is 1. The Bertz CT molecular complexity index is 412. The fraction of sp³-hybridized carbons (Fsp3) is 0.333. The normalized spacial score (nSPS) is 10.6. The third-order valence-corrected chi connectivity index (χ3v) is 2.48. The zero-order valence-corrected chi connectivity index (χ0v) is 10.3. The van der Waals surface area contributed by atoms with E-state index in [0.717, 1.165) is 6.20 Å². The van der Waals surface area contributed by atoms with Gasteiger partial charge in [0.15, 0.2) is 5.82 Å². The lowest BCUT2D eigenvalue weighted by Gasteiger charge is -2.09. The van der Waals surface area contributed by atoms with Crippen molar-refractivity contribution in [3.63, 3.8) is 0 Å². The summed E-state index contributed by atoms with van der Waals surface area (Å²) in [5.41, 5.74) is -1.49. The van der Waals surface area contributed by atoms with Crippen molar-refractivity contribution in [1.29, 1.82) is 0 Å². The topological polar surface area (TPSA) is 39.2 Å². The molecule has 0 atom stereocenters. The highest BCUT2D eigenvalue weighted by atomic mass is 127. The van der Waals surface area contributed by atoms with Crippen LogP contribution in [0.3, 0.4) is 0 Å². The number of hydrogen-bond donors (Lipinski definition) is 0. The van der Waals surface area contributed by atoms with Gasteiger partial charge in [-0.05, 0) is 29.5 Å². The molecular weight excluding hydrogens is 338 g/mol. The molecule has 0 spiro atoms. The van der Waals surface area contributed by atoms with Gasteiger partial charge in [0.05, 0.1) is 17.7 Å². The van der Waals surface area contributed by atoms with Crippen LogP contribution in [0, 0.1) is 9.52 Å². The van der Waals surface area contributed by atoms with Gasteiger partial charge in [-0.25, -0.2) is 22.9 Å². The minimum Gasteiger partial charge on any atom is -0.462 e. The highest BCUT2D eigenvalue weighted by Gasteiger charge is 2.26. The summed E-state index contributed by atoms with van der Waals surface area (Å²) >= 11 is 1.47. The van der Waals surface area contributed by atoms with E-state index in [-0.39, 0.29) is 10.3 Å². The molecule has 1 heterocycles. The highest BCUT2D eigenvalue weighted by Crippen LogP contribution is 2.28. The summed E-state index contributed by atoms with van der Waals surface area (Å²) in [6, 6.07) is 0. The average molecular weight is 345 g/mol. The van der Waals surface area contributed by atoms with Crippen molar-refractivity contribution in [3.05, 3.63) is 26.8 Å². The number of nitrogens with zero attached hydrogens (tertiary/aromatic N) is 1. The Morgan fingerprint density at radius 2 is 2.25 bits per heavy atom. The minimum absolute atomic E-state index is 0.0229. The van der Waals surface area contributed by atoms with Crippen molar-refractivity contribution in [3.8, 4) is 0 Å². The predicted molar refractivity (Wildman–Crippen MR) is 57.8 cm³/mol. The van der Waals surface area contributed by atoms with Crippen molar-refractivity contribution in [2.75, 3.05) is 6.61 Å². The lowest BCUT2D eigenvalue weighted by Crippen LogP contribution is -2.12. The Labute approximate surface area is 103 Å². The Morgan fingerprint density at radius 1 is 1.62 bits per heavy atom. The van der Waals surface area contributed by atoms with Gasteiger partial charge in [-0.1, -0.05) is 0 Å². The number of ether oxygens (including phenoxy) is 1. The van der Waals surface area contributed by atoms with E-state index in [1.54, 1.807) is 0 Å². The summed E-state index contributed by atoms with van der Waals surface area (Å²) in [6.45, 7) is 1.55. The molecule has 1 aromatic heterocycles. The minimum atomic E-state index is -3.09. The predicted octanol–water partition coefficient (Wildman–Crippen LogP) is 2.94. The Balaban J connectivity index is 3.28. The molecule has 3 nitrogen and oxygen atoms in total. The van der Waals surface area contributed by atoms with Crippen LogP contribution in [0.15, 0.2) is 6.20 Å². The number of pyridine rings is 1. The van der Waals surface area contributed by atoms with E-state index in [0.29, 0.717) is 0 Å². The van der Waals surface area contributed by atoms with E-state index in [9.17, 15) is 18.0 Å². The maximum Gasteiger partial charge on any atom is 0.340 e. The van der Waals surface area contributed by atoms with Crippen LogP contribution in [0.4, 0.5) is 13.2 Å². The Morgan fingerprint density at radius 3 is 2.75 bits per heavy atom. The summed E-state index contributed by atoms with van der Waals surface area (Å²) in [4.78, 5) is 14.8. The first-order chi connectivity index (χ1) is 7.49. The van der Waals surface area contributed by atoms with E-state index >= 15 is 0 Å². The van der Waals surface area contributed by atoms with E-state index in [4.69, 9.17) is 0 Å². The molecule has 0 fully saturated rings. The van der Waals surface area contributed by atoms with Crippen LogP contribution in [0.25, 0.3) is 0 Å². The molecule has 0 saturated heterocycles. The standard InChI is InChI=1S/C9H7F3INO2/c1-2-16-9(15)4-3-14-8(13)6(10)5(4)7(11)12/h3,7H,2H2,1H3. The third kappa shape index (κ3) is 2.63. The van der Waals surface area contributed by atoms with Gasteiger partial charge in [-0.15, -0.1) is 0 Å². The van der Waals surface area contributed by atoms with Gasteiger partial charge in [0.1, 0.15) is 3.70 Å². The number of alkyl halides is 2. The summed E-state index contributed by atoms with van der Waals surface area (Å²) in [6.07, 6.45) is -2.19. The molecule has 0 unspecified atom stereocenters. The molecule has 1 rings (SSSR count). The molecule has 7 heteroatoms. The van der Waals surface area contributed by atoms with Crippen LogP contribution in [0.5, 0.6) is 0 Å². The number of rotatable bonds is 3. The highest BCUT2D eigenvalue weighted by molar-refractivity contribution is 14.1. The molecular formula is C9H7F3INO2. The molecule has 0 N–H and O–H groups in total.